The van der Waals surface area contributed by atoms with E-state index in [1.54, 1.807) is 6.07 Å². The van der Waals surface area contributed by atoms with Crippen LogP contribution in [0.1, 0.15) is 25.3 Å². The van der Waals surface area contributed by atoms with Crippen LogP contribution in [0, 0.1) is 6.92 Å². The summed E-state index contributed by atoms with van der Waals surface area (Å²) in [5.74, 6) is 0.443. The van der Waals surface area contributed by atoms with Gasteiger partial charge in [0.05, 0.1) is 0 Å². The van der Waals surface area contributed by atoms with Crippen LogP contribution < -0.4 is 4.74 Å². The van der Waals surface area contributed by atoms with Crippen LogP contribution in [-0.4, -0.2) is 19.2 Å². The Morgan fingerprint density at radius 2 is 2.06 bits per heavy atom. The Morgan fingerprint density at radius 3 is 2.75 bits per heavy atom. The van der Waals surface area contributed by atoms with Crippen LogP contribution in [0.2, 0.25) is 0 Å². The third-order valence-electron chi connectivity index (χ3n) is 2.19. The van der Waals surface area contributed by atoms with Crippen molar-refractivity contribution in [2.75, 3.05) is 13.2 Å². The molecule has 0 saturated carbocycles. The third-order valence-corrected chi connectivity index (χ3v) is 2.19. The molecule has 0 atom stereocenters. The van der Waals surface area contributed by atoms with E-state index in [9.17, 15) is 4.79 Å². The molecule has 0 fully saturated rings. The number of ether oxygens (including phenoxy) is 2. The van der Waals surface area contributed by atoms with Crippen molar-refractivity contribution in [3.8, 4) is 5.75 Å². The van der Waals surface area contributed by atoms with Gasteiger partial charge in [0.1, 0.15) is 5.75 Å². The quantitative estimate of drug-likeness (QED) is 0.422. The zero-order valence-corrected chi connectivity index (χ0v) is 9.86. The molecule has 0 radical (unpaired) electrons. The van der Waals surface area contributed by atoms with Crippen LogP contribution in [-0.2, 0) is 9.53 Å². The molecule has 0 aromatic heterocycles. The Morgan fingerprint density at radius 1 is 1.31 bits per heavy atom. The first kappa shape index (κ1) is 12.7. The van der Waals surface area contributed by atoms with E-state index in [0.29, 0.717) is 31.8 Å². The van der Waals surface area contributed by atoms with Crippen molar-refractivity contribution in [2.45, 2.75) is 26.7 Å². The maximum Gasteiger partial charge on any atom is 0.311 e. The van der Waals surface area contributed by atoms with Crippen molar-refractivity contribution in [1.82, 2.24) is 0 Å². The van der Waals surface area contributed by atoms with E-state index in [0.717, 1.165) is 5.56 Å². The van der Waals surface area contributed by atoms with Crippen LogP contribution in [0.25, 0.3) is 0 Å². The molecule has 0 spiro atoms. The molecule has 1 rings (SSSR count). The fourth-order valence-corrected chi connectivity index (χ4v) is 1.31. The Labute approximate surface area is 96.4 Å². The minimum Gasteiger partial charge on any atom is -0.426 e. The number of carbonyl (C=O) groups is 1. The lowest BCUT2D eigenvalue weighted by Crippen LogP contribution is -2.09. The molecule has 3 nitrogen and oxygen atoms in total. The summed E-state index contributed by atoms with van der Waals surface area (Å²) in [5.41, 5.74) is 0.973. The van der Waals surface area contributed by atoms with E-state index in [2.05, 4.69) is 0 Å². The van der Waals surface area contributed by atoms with Gasteiger partial charge in [0.25, 0.3) is 0 Å². The Kier molecular flexibility index (Phi) is 5.57. The highest BCUT2D eigenvalue weighted by Crippen LogP contribution is 2.16. The molecule has 3 heteroatoms. The van der Waals surface area contributed by atoms with Crippen molar-refractivity contribution in [3.05, 3.63) is 29.8 Å². The highest BCUT2D eigenvalue weighted by molar-refractivity contribution is 5.72. The van der Waals surface area contributed by atoms with Crippen molar-refractivity contribution in [2.24, 2.45) is 0 Å². The van der Waals surface area contributed by atoms with E-state index in [4.69, 9.17) is 9.47 Å². The fourth-order valence-electron chi connectivity index (χ4n) is 1.31. The molecule has 0 aliphatic carbocycles. The lowest BCUT2D eigenvalue weighted by Gasteiger charge is -2.06. The smallest absolute Gasteiger partial charge is 0.311 e. The molecule has 0 saturated heterocycles. The SMILES string of the molecule is CCOCCCC(=O)Oc1ccccc1C. The van der Waals surface area contributed by atoms with Gasteiger partial charge >= 0.3 is 5.97 Å². The van der Waals surface area contributed by atoms with E-state index in [1.165, 1.54) is 0 Å². The summed E-state index contributed by atoms with van der Waals surface area (Å²) in [4.78, 5) is 11.5. The third kappa shape index (κ3) is 4.45. The maximum absolute atomic E-state index is 11.5. The number of benzene rings is 1. The second-order valence-electron chi connectivity index (χ2n) is 3.54. The van der Waals surface area contributed by atoms with Crippen molar-refractivity contribution < 1.29 is 14.3 Å². The largest absolute Gasteiger partial charge is 0.426 e. The predicted molar refractivity (Wildman–Crippen MR) is 62.5 cm³/mol. The zero-order valence-electron chi connectivity index (χ0n) is 9.86. The van der Waals surface area contributed by atoms with E-state index >= 15 is 0 Å². The molecule has 16 heavy (non-hydrogen) atoms. The summed E-state index contributed by atoms with van der Waals surface area (Å²) in [7, 11) is 0. The number of hydrogen-bond acceptors (Lipinski definition) is 3. The molecule has 0 aliphatic heterocycles. The first-order valence-corrected chi connectivity index (χ1v) is 5.58. The minimum atomic E-state index is -0.200. The Hall–Kier alpha value is -1.35. The molecular weight excluding hydrogens is 204 g/mol. The summed E-state index contributed by atoms with van der Waals surface area (Å²) in [5, 5.41) is 0. The minimum absolute atomic E-state index is 0.200. The van der Waals surface area contributed by atoms with Gasteiger partial charge in [-0.3, -0.25) is 4.79 Å². The fraction of sp³-hybridized carbons (Fsp3) is 0.462. The molecule has 0 heterocycles. The molecule has 0 N–H and O–H groups in total. The first-order chi connectivity index (χ1) is 7.74. The van der Waals surface area contributed by atoms with Crippen LogP contribution in [0.4, 0.5) is 0 Å². The summed E-state index contributed by atoms with van der Waals surface area (Å²) in [6.45, 7) is 5.15. The predicted octanol–water partition coefficient (Wildman–Crippen LogP) is 2.72. The topological polar surface area (TPSA) is 35.5 Å². The summed E-state index contributed by atoms with van der Waals surface area (Å²) in [6, 6.07) is 7.50. The van der Waals surface area contributed by atoms with Gasteiger partial charge < -0.3 is 9.47 Å². The van der Waals surface area contributed by atoms with Gasteiger partial charge in [-0.25, -0.2) is 0 Å². The number of rotatable bonds is 6. The second-order valence-corrected chi connectivity index (χ2v) is 3.54. The van der Waals surface area contributed by atoms with Gasteiger partial charge in [-0.2, -0.15) is 0 Å². The molecule has 0 aliphatic rings. The van der Waals surface area contributed by atoms with Gasteiger partial charge in [-0.05, 0) is 31.9 Å². The van der Waals surface area contributed by atoms with Gasteiger partial charge in [0.2, 0.25) is 0 Å². The highest BCUT2D eigenvalue weighted by Gasteiger charge is 2.06. The Bertz CT molecular complexity index is 334. The first-order valence-electron chi connectivity index (χ1n) is 5.58. The average molecular weight is 222 g/mol. The normalized spacial score (nSPS) is 10.1. The maximum atomic E-state index is 11.5. The van der Waals surface area contributed by atoms with Gasteiger partial charge in [0.15, 0.2) is 0 Å². The standard InChI is InChI=1S/C13H18O3/c1-3-15-10-6-9-13(14)16-12-8-5-4-7-11(12)2/h4-5,7-8H,3,6,9-10H2,1-2H3. The number of hydrogen-bond donors (Lipinski definition) is 0. The molecule has 0 amide bonds. The van der Waals surface area contributed by atoms with Crippen LogP contribution in [0.15, 0.2) is 24.3 Å². The number of para-hydroxylation sites is 1. The summed E-state index contributed by atoms with van der Waals surface area (Å²) < 4.78 is 10.4. The van der Waals surface area contributed by atoms with Crippen LogP contribution >= 0.6 is 0 Å². The molecule has 0 unspecified atom stereocenters. The number of carbonyl (C=O) groups excluding carboxylic acids is 1. The van der Waals surface area contributed by atoms with E-state index < -0.39 is 0 Å². The lowest BCUT2D eigenvalue weighted by atomic mass is 10.2. The van der Waals surface area contributed by atoms with Crippen LogP contribution in [0.3, 0.4) is 0 Å². The van der Waals surface area contributed by atoms with E-state index in [-0.39, 0.29) is 5.97 Å². The van der Waals surface area contributed by atoms with E-state index in [1.807, 2.05) is 32.0 Å². The molecular formula is C13H18O3. The molecule has 88 valence electrons. The molecule has 1 aromatic rings. The van der Waals surface area contributed by atoms with Gasteiger partial charge in [-0.1, -0.05) is 18.2 Å². The van der Waals surface area contributed by atoms with Gasteiger partial charge in [-0.15, -0.1) is 0 Å². The zero-order chi connectivity index (χ0) is 11.8. The van der Waals surface area contributed by atoms with Crippen molar-refractivity contribution >= 4 is 5.97 Å². The molecule has 1 aromatic carbocycles. The molecule has 0 bridgehead atoms. The average Bonchev–Trinajstić information content (AvgIpc) is 2.28. The number of aryl methyl sites for hydroxylation is 1. The Balaban J connectivity index is 2.32. The van der Waals surface area contributed by atoms with Crippen molar-refractivity contribution in [3.63, 3.8) is 0 Å². The summed E-state index contributed by atoms with van der Waals surface area (Å²) in [6.07, 6.45) is 1.10. The van der Waals surface area contributed by atoms with Crippen molar-refractivity contribution in [1.29, 1.82) is 0 Å². The van der Waals surface area contributed by atoms with Gasteiger partial charge in [0, 0.05) is 19.6 Å². The van der Waals surface area contributed by atoms with Crippen LogP contribution in [0.5, 0.6) is 5.75 Å². The number of esters is 1. The highest BCUT2D eigenvalue weighted by atomic mass is 16.5. The second kappa shape index (κ2) is 7.01. The lowest BCUT2D eigenvalue weighted by molar-refractivity contribution is -0.134. The monoisotopic (exact) mass is 222 g/mol. The summed E-state index contributed by atoms with van der Waals surface area (Å²) >= 11 is 0.